The van der Waals surface area contributed by atoms with E-state index in [2.05, 4.69) is 35.3 Å². The zero-order chi connectivity index (χ0) is 21.6. The van der Waals surface area contributed by atoms with Crippen LogP contribution in [-0.4, -0.2) is 43.4 Å². The fraction of sp³-hybridized carbons (Fsp3) is 0.417. The second-order valence-corrected chi connectivity index (χ2v) is 8.73. The number of fused-ring (bicyclic) bond motifs is 3. The molecule has 7 heteroatoms. The van der Waals surface area contributed by atoms with E-state index >= 15 is 0 Å². The molecule has 3 aromatic rings. The highest BCUT2D eigenvalue weighted by Crippen LogP contribution is 2.52. The number of rotatable bonds is 5. The molecule has 3 atom stereocenters. The zero-order valence-corrected chi connectivity index (χ0v) is 17.9. The first-order valence-electron chi connectivity index (χ1n) is 11.0. The minimum atomic E-state index is -0.544. The van der Waals surface area contributed by atoms with Crippen molar-refractivity contribution in [3.8, 4) is 0 Å². The van der Waals surface area contributed by atoms with Crippen LogP contribution < -0.4 is 5.32 Å². The average Bonchev–Trinajstić information content (AvgIpc) is 3.49. The van der Waals surface area contributed by atoms with Gasteiger partial charge in [0.2, 0.25) is 5.91 Å². The molecule has 31 heavy (non-hydrogen) atoms. The third kappa shape index (κ3) is 3.02. The quantitative estimate of drug-likeness (QED) is 0.692. The predicted octanol–water partition coefficient (Wildman–Crippen LogP) is 3.13. The Labute approximate surface area is 181 Å². The van der Waals surface area contributed by atoms with Crippen LogP contribution >= 0.6 is 0 Å². The van der Waals surface area contributed by atoms with Crippen LogP contribution in [0.25, 0.3) is 5.65 Å². The van der Waals surface area contributed by atoms with Crippen molar-refractivity contribution in [2.24, 2.45) is 5.41 Å². The van der Waals surface area contributed by atoms with Gasteiger partial charge in [0.15, 0.2) is 5.65 Å². The van der Waals surface area contributed by atoms with Gasteiger partial charge in [-0.2, -0.15) is 5.10 Å². The number of hydrogen-bond donors (Lipinski definition) is 1. The number of aromatic nitrogens is 3. The standard InChI is InChI=1S/C24H27N5O2/c1-3-24(23(31)26-14-17-8-5-4-7-16(17)2)13-18-9-10-20(24)29(18)22(30)19-15-27-28-12-6-11-25-21(19)28/h4-8,11-12,15,18,20H,3,9-10,13-14H2,1-2H3,(H,26,31)/t18-,20+,24+/m1/s1. The van der Waals surface area contributed by atoms with Gasteiger partial charge in [0.05, 0.1) is 11.6 Å². The normalized spacial score (nSPS) is 24.6. The predicted molar refractivity (Wildman–Crippen MR) is 116 cm³/mol. The summed E-state index contributed by atoms with van der Waals surface area (Å²) in [5.41, 5.74) is 2.81. The Kier molecular flexibility index (Phi) is 4.76. The van der Waals surface area contributed by atoms with Crippen LogP contribution in [0.1, 0.15) is 54.1 Å². The molecule has 0 spiro atoms. The Morgan fingerprint density at radius 3 is 2.87 bits per heavy atom. The zero-order valence-electron chi connectivity index (χ0n) is 17.9. The Morgan fingerprint density at radius 2 is 2.06 bits per heavy atom. The summed E-state index contributed by atoms with van der Waals surface area (Å²) in [5, 5.41) is 7.45. The van der Waals surface area contributed by atoms with Gasteiger partial charge in [0, 0.05) is 31.0 Å². The smallest absolute Gasteiger partial charge is 0.259 e. The Bertz CT molecular complexity index is 1160. The van der Waals surface area contributed by atoms with E-state index in [9.17, 15) is 9.59 Å². The second-order valence-electron chi connectivity index (χ2n) is 8.73. The molecular weight excluding hydrogens is 390 g/mol. The first-order chi connectivity index (χ1) is 15.0. The molecule has 5 rings (SSSR count). The number of nitrogens with zero attached hydrogens (tertiary/aromatic N) is 4. The first kappa shape index (κ1) is 19.7. The lowest BCUT2D eigenvalue weighted by molar-refractivity contribution is -0.133. The molecule has 0 radical (unpaired) electrons. The van der Waals surface area contributed by atoms with Crippen molar-refractivity contribution in [3.63, 3.8) is 0 Å². The van der Waals surface area contributed by atoms with Gasteiger partial charge in [0.1, 0.15) is 5.56 Å². The molecule has 2 amide bonds. The van der Waals surface area contributed by atoms with Crippen LogP contribution in [0.3, 0.4) is 0 Å². The van der Waals surface area contributed by atoms with Crippen molar-refractivity contribution in [2.45, 2.75) is 58.2 Å². The highest BCUT2D eigenvalue weighted by molar-refractivity contribution is 6.01. The van der Waals surface area contributed by atoms with Crippen LogP contribution in [0, 0.1) is 12.3 Å². The number of aryl methyl sites for hydroxylation is 1. The monoisotopic (exact) mass is 417 g/mol. The summed E-state index contributed by atoms with van der Waals surface area (Å²) in [4.78, 5) is 33.3. The van der Waals surface area contributed by atoms with Gasteiger partial charge in [-0.1, -0.05) is 31.2 Å². The van der Waals surface area contributed by atoms with Gasteiger partial charge in [-0.05, 0) is 49.8 Å². The summed E-state index contributed by atoms with van der Waals surface area (Å²) in [5.74, 6) is -0.00975. The van der Waals surface area contributed by atoms with Crippen molar-refractivity contribution in [3.05, 3.63) is 65.6 Å². The van der Waals surface area contributed by atoms with Crippen molar-refractivity contribution in [2.75, 3.05) is 0 Å². The van der Waals surface area contributed by atoms with Crippen LogP contribution in [0.4, 0.5) is 0 Å². The van der Waals surface area contributed by atoms with E-state index in [0.717, 1.165) is 18.4 Å². The number of carbonyl (C=O) groups is 2. The number of carbonyl (C=O) groups excluding carboxylic acids is 2. The van der Waals surface area contributed by atoms with Crippen molar-refractivity contribution >= 4 is 17.5 Å². The summed E-state index contributed by atoms with van der Waals surface area (Å²) < 4.78 is 1.62. The van der Waals surface area contributed by atoms with E-state index in [-0.39, 0.29) is 23.9 Å². The molecule has 2 aliphatic heterocycles. The topological polar surface area (TPSA) is 79.6 Å². The maximum atomic E-state index is 13.5. The molecule has 2 saturated heterocycles. The van der Waals surface area contributed by atoms with Crippen LogP contribution in [0.2, 0.25) is 0 Å². The van der Waals surface area contributed by atoms with E-state index in [4.69, 9.17) is 0 Å². The molecule has 2 aliphatic rings. The molecule has 2 bridgehead atoms. The summed E-state index contributed by atoms with van der Waals surface area (Å²) >= 11 is 0. The Morgan fingerprint density at radius 1 is 1.23 bits per heavy atom. The largest absolute Gasteiger partial charge is 0.351 e. The highest BCUT2D eigenvalue weighted by Gasteiger charge is 2.60. The number of nitrogens with one attached hydrogen (secondary N) is 1. The van der Waals surface area contributed by atoms with E-state index in [1.54, 1.807) is 29.2 Å². The molecule has 7 nitrogen and oxygen atoms in total. The first-order valence-corrected chi connectivity index (χ1v) is 11.0. The number of benzene rings is 1. The van der Waals surface area contributed by atoms with Gasteiger partial charge in [-0.3, -0.25) is 9.59 Å². The molecule has 0 unspecified atom stereocenters. The summed E-state index contributed by atoms with van der Waals surface area (Å²) in [7, 11) is 0. The maximum Gasteiger partial charge on any atom is 0.259 e. The molecule has 4 heterocycles. The minimum absolute atomic E-state index is 0.0567. The highest BCUT2D eigenvalue weighted by atomic mass is 16.2. The van der Waals surface area contributed by atoms with Gasteiger partial charge in [-0.25, -0.2) is 9.50 Å². The lowest BCUT2D eigenvalue weighted by Gasteiger charge is -2.35. The van der Waals surface area contributed by atoms with Crippen LogP contribution in [-0.2, 0) is 11.3 Å². The average molecular weight is 418 g/mol. The molecule has 2 aromatic heterocycles. The Balaban J connectivity index is 1.40. The van der Waals surface area contributed by atoms with Crippen molar-refractivity contribution in [1.82, 2.24) is 24.8 Å². The minimum Gasteiger partial charge on any atom is -0.351 e. The summed E-state index contributed by atoms with van der Waals surface area (Å²) in [6, 6.07) is 9.87. The lowest BCUT2D eigenvalue weighted by Crippen LogP contribution is -2.49. The van der Waals surface area contributed by atoms with Crippen molar-refractivity contribution < 1.29 is 9.59 Å². The van der Waals surface area contributed by atoms with Gasteiger partial charge in [0.25, 0.3) is 5.91 Å². The Hall–Kier alpha value is -3.22. The van der Waals surface area contributed by atoms with Crippen LogP contribution in [0.5, 0.6) is 0 Å². The van der Waals surface area contributed by atoms with Gasteiger partial charge < -0.3 is 10.2 Å². The van der Waals surface area contributed by atoms with Gasteiger partial charge in [-0.15, -0.1) is 0 Å². The fourth-order valence-electron chi connectivity index (χ4n) is 5.55. The molecule has 0 saturated carbocycles. The van der Waals surface area contributed by atoms with Crippen LogP contribution in [0.15, 0.2) is 48.9 Å². The molecule has 160 valence electrons. The van der Waals surface area contributed by atoms with E-state index in [1.807, 2.05) is 23.1 Å². The SMILES string of the molecule is CC[C@]1(C(=O)NCc2ccccc2C)C[C@H]2CC[C@@H]1N2C(=O)c1cnn2cccnc12. The van der Waals surface area contributed by atoms with Crippen molar-refractivity contribution in [1.29, 1.82) is 0 Å². The third-order valence-corrected chi connectivity index (χ3v) is 7.27. The number of amides is 2. The maximum absolute atomic E-state index is 13.5. The number of hydrogen-bond acceptors (Lipinski definition) is 4. The molecule has 2 fully saturated rings. The van der Waals surface area contributed by atoms with E-state index in [1.165, 1.54) is 5.56 Å². The molecular formula is C24H27N5O2. The molecule has 1 aromatic carbocycles. The molecule has 0 aliphatic carbocycles. The lowest BCUT2D eigenvalue weighted by atomic mass is 9.71. The fourth-order valence-corrected chi connectivity index (χ4v) is 5.55. The third-order valence-electron chi connectivity index (χ3n) is 7.27. The summed E-state index contributed by atoms with van der Waals surface area (Å²) in [6.45, 7) is 4.63. The van der Waals surface area contributed by atoms with Gasteiger partial charge >= 0.3 is 0 Å². The molecule has 1 N–H and O–H groups in total. The van der Waals surface area contributed by atoms with E-state index in [0.29, 0.717) is 30.6 Å². The van der Waals surface area contributed by atoms with E-state index < -0.39 is 5.41 Å². The second kappa shape index (κ2) is 7.48. The summed E-state index contributed by atoms with van der Waals surface area (Å²) in [6.07, 6.45) is 8.27.